The number of hydrogen-bond donors (Lipinski definition) is 1. The van der Waals surface area contributed by atoms with Crippen molar-refractivity contribution in [1.82, 2.24) is 9.88 Å². The normalized spacial score (nSPS) is 21.5. The third-order valence-corrected chi connectivity index (χ3v) is 5.94. The number of para-hydroxylation sites is 1. The minimum atomic E-state index is -3.43. The van der Waals surface area contributed by atoms with Crippen molar-refractivity contribution < 1.29 is 12.6 Å². The van der Waals surface area contributed by atoms with Crippen LogP contribution in [0.5, 0.6) is 0 Å². The van der Waals surface area contributed by atoms with Gasteiger partial charge in [-0.15, -0.1) is 0 Å². The maximum Gasteiger partial charge on any atom is 0.268 e. The average molecular weight is 322 g/mol. The Morgan fingerprint density at radius 2 is 2.18 bits per heavy atom. The molecule has 22 heavy (non-hydrogen) atoms. The first kappa shape index (κ1) is 15.5. The number of benzene rings is 1. The van der Waals surface area contributed by atoms with E-state index in [0.29, 0.717) is 0 Å². The zero-order valence-electron chi connectivity index (χ0n) is 13.0. The van der Waals surface area contributed by atoms with E-state index >= 15 is 0 Å². The molecule has 1 aliphatic heterocycles. The van der Waals surface area contributed by atoms with Gasteiger partial charge < -0.3 is 4.98 Å². The number of rotatable bonds is 5. The second kappa shape index (κ2) is 6.02. The van der Waals surface area contributed by atoms with Gasteiger partial charge in [0.25, 0.3) is 10.1 Å². The highest BCUT2D eigenvalue weighted by molar-refractivity contribution is 7.86. The Bertz CT molecular complexity index is 754. The lowest BCUT2D eigenvalue weighted by molar-refractivity contribution is 0.204. The van der Waals surface area contributed by atoms with E-state index in [9.17, 15) is 8.42 Å². The van der Waals surface area contributed by atoms with Gasteiger partial charge in [-0.25, -0.2) is 0 Å². The van der Waals surface area contributed by atoms with E-state index in [1.807, 2.05) is 18.3 Å². The molecule has 0 radical (unpaired) electrons. The molecule has 1 aliphatic rings. The molecule has 1 aromatic carbocycles. The maximum atomic E-state index is 11.8. The minimum absolute atomic E-state index is 0.0219. The predicted octanol–water partition coefficient (Wildman–Crippen LogP) is 2.67. The summed E-state index contributed by atoms with van der Waals surface area (Å²) in [6.45, 7) is 3.07. The molecule has 6 heteroatoms. The highest BCUT2D eigenvalue weighted by Gasteiger charge is 2.33. The largest absolute Gasteiger partial charge is 0.361 e. The molecular weight excluding hydrogens is 300 g/mol. The van der Waals surface area contributed by atoms with Crippen LogP contribution in [0.2, 0.25) is 0 Å². The van der Waals surface area contributed by atoms with Crippen LogP contribution in [0.1, 0.15) is 31.4 Å². The Kier molecular flexibility index (Phi) is 4.25. The van der Waals surface area contributed by atoms with Gasteiger partial charge in [-0.2, -0.15) is 8.42 Å². The van der Waals surface area contributed by atoms with Crippen LogP contribution >= 0.6 is 0 Å². The third-order valence-electron chi connectivity index (χ3n) is 4.64. The van der Waals surface area contributed by atoms with Crippen molar-refractivity contribution in [3.8, 4) is 0 Å². The van der Waals surface area contributed by atoms with E-state index in [2.05, 4.69) is 33.1 Å². The predicted molar refractivity (Wildman–Crippen MR) is 87.2 cm³/mol. The molecule has 2 heterocycles. The molecule has 3 rings (SSSR count). The lowest BCUT2D eigenvalue weighted by Crippen LogP contribution is -2.37. The molecule has 1 N–H and O–H groups in total. The Balaban J connectivity index is 1.86. The van der Waals surface area contributed by atoms with E-state index in [1.165, 1.54) is 18.1 Å². The van der Waals surface area contributed by atoms with E-state index in [4.69, 9.17) is 0 Å². The molecule has 0 bridgehead atoms. The third kappa shape index (κ3) is 2.91. The fourth-order valence-electron chi connectivity index (χ4n) is 3.47. The zero-order chi connectivity index (χ0) is 15.7. The number of hydrogen-bond acceptors (Lipinski definition) is 4. The van der Waals surface area contributed by atoms with Gasteiger partial charge in [-0.1, -0.05) is 18.2 Å². The Labute approximate surface area is 131 Å². The smallest absolute Gasteiger partial charge is 0.268 e. The van der Waals surface area contributed by atoms with Crippen molar-refractivity contribution in [1.29, 1.82) is 0 Å². The van der Waals surface area contributed by atoms with Gasteiger partial charge in [0.15, 0.2) is 0 Å². The van der Waals surface area contributed by atoms with Crippen LogP contribution in [0.3, 0.4) is 0 Å². The summed E-state index contributed by atoms with van der Waals surface area (Å²) in [6, 6.07) is 8.40. The topological polar surface area (TPSA) is 62.4 Å². The molecule has 0 aliphatic carbocycles. The molecule has 1 aromatic heterocycles. The number of aromatic amines is 1. The second-order valence-electron chi connectivity index (χ2n) is 5.89. The van der Waals surface area contributed by atoms with Crippen LogP contribution < -0.4 is 0 Å². The summed E-state index contributed by atoms with van der Waals surface area (Å²) in [5.41, 5.74) is 2.34. The zero-order valence-corrected chi connectivity index (χ0v) is 13.8. The molecule has 0 spiro atoms. The van der Waals surface area contributed by atoms with Gasteiger partial charge in [0.2, 0.25) is 0 Å². The van der Waals surface area contributed by atoms with Crippen LogP contribution in [0.4, 0.5) is 0 Å². The van der Waals surface area contributed by atoms with Crippen molar-refractivity contribution in [2.24, 2.45) is 0 Å². The van der Waals surface area contributed by atoms with Gasteiger partial charge in [-0.05, 0) is 37.9 Å². The fraction of sp³-hybridized carbons (Fsp3) is 0.500. The summed E-state index contributed by atoms with van der Waals surface area (Å²) in [5, 5.41) is 1.20. The molecule has 0 saturated carbocycles. The van der Waals surface area contributed by atoms with Crippen molar-refractivity contribution in [3.05, 3.63) is 36.0 Å². The molecule has 2 atom stereocenters. The first-order valence-electron chi connectivity index (χ1n) is 7.62. The van der Waals surface area contributed by atoms with E-state index in [0.717, 1.165) is 24.9 Å². The molecule has 1 unspecified atom stereocenters. The monoisotopic (exact) mass is 322 g/mol. The van der Waals surface area contributed by atoms with Gasteiger partial charge in [0, 0.05) is 29.2 Å². The summed E-state index contributed by atoms with van der Waals surface area (Å²) in [4.78, 5) is 5.58. The van der Waals surface area contributed by atoms with Crippen LogP contribution in [-0.4, -0.2) is 43.8 Å². The minimum Gasteiger partial charge on any atom is -0.361 e. The van der Waals surface area contributed by atoms with E-state index in [1.54, 1.807) is 0 Å². The molecule has 1 saturated heterocycles. The maximum absolute atomic E-state index is 11.8. The fourth-order valence-corrected chi connectivity index (χ4v) is 4.43. The Morgan fingerprint density at radius 1 is 1.41 bits per heavy atom. The van der Waals surface area contributed by atoms with Crippen molar-refractivity contribution in [2.45, 2.75) is 31.8 Å². The molecule has 0 amide bonds. The Hall–Kier alpha value is -1.37. The van der Waals surface area contributed by atoms with Crippen LogP contribution in [-0.2, 0) is 14.3 Å². The summed E-state index contributed by atoms with van der Waals surface area (Å²) in [5.74, 6) is 0.0657. The van der Waals surface area contributed by atoms with Gasteiger partial charge in [-0.3, -0.25) is 9.08 Å². The number of nitrogens with zero attached hydrogens (tertiary/aromatic N) is 1. The molecule has 5 nitrogen and oxygen atoms in total. The highest BCUT2D eigenvalue weighted by atomic mass is 32.2. The van der Waals surface area contributed by atoms with Crippen LogP contribution in [0, 0.1) is 0 Å². The van der Waals surface area contributed by atoms with Gasteiger partial charge in [0.05, 0.1) is 12.9 Å². The molecule has 2 aromatic rings. The van der Waals surface area contributed by atoms with Crippen molar-refractivity contribution >= 4 is 21.0 Å². The van der Waals surface area contributed by atoms with Gasteiger partial charge >= 0.3 is 0 Å². The quantitative estimate of drug-likeness (QED) is 0.860. The number of aromatic nitrogens is 1. The average Bonchev–Trinajstić information content (AvgIpc) is 3.13. The summed E-state index contributed by atoms with van der Waals surface area (Å²) < 4.78 is 28.2. The molecule has 120 valence electrons. The van der Waals surface area contributed by atoms with Crippen LogP contribution in [0.15, 0.2) is 30.5 Å². The SMILES string of the molecule is COS(=O)(=O)C[C@@H]1CCCN1C(C)c1c[nH]c2ccccc12. The lowest BCUT2D eigenvalue weighted by atomic mass is 10.1. The molecule has 1 fully saturated rings. The van der Waals surface area contributed by atoms with E-state index < -0.39 is 10.1 Å². The van der Waals surface area contributed by atoms with E-state index in [-0.39, 0.29) is 17.8 Å². The number of fused-ring (bicyclic) bond motifs is 1. The summed E-state index contributed by atoms with van der Waals surface area (Å²) in [6.07, 6.45) is 3.96. The second-order valence-corrected chi connectivity index (χ2v) is 7.67. The van der Waals surface area contributed by atoms with Gasteiger partial charge in [0.1, 0.15) is 0 Å². The first-order valence-corrected chi connectivity index (χ1v) is 9.19. The lowest BCUT2D eigenvalue weighted by Gasteiger charge is -2.30. The van der Waals surface area contributed by atoms with Crippen molar-refractivity contribution in [3.63, 3.8) is 0 Å². The standard InChI is InChI=1S/C16H22N2O3S/c1-12(15-10-17-16-8-4-3-7-14(15)16)18-9-5-6-13(18)11-22(19,20)21-2/h3-4,7-8,10,12-13,17H,5-6,9,11H2,1-2H3/t12?,13-/m0/s1. The number of nitrogens with one attached hydrogen (secondary N) is 1. The van der Waals surface area contributed by atoms with Crippen LogP contribution in [0.25, 0.3) is 10.9 Å². The number of likely N-dealkylation sites (tertiary alicyclic amines) is 1. The van der Waals surface area contributed by atoms with Crippen molar-refractivity contribution in [2.75, 3.05) is 19.4 Å². The number of H-pyrrole nitrogens is 1. The summed E-state index contributed by atoms with van der Waals surface area (Å²) >= 11 is 0. The summed E-state index contributed by atoms with van der Waals surface area (Å²) in [7, 11) is -2.20. The Morgan fingerprint density at radius 3 is 2.95 bits per heavy atom. The first-order chi connectivity index (χ1) is 10.5. The molecular formula is C16H22N2O3S. The highest BCUT2D eigenvalue weighted by Crippen LogP contribution is 2.33.